The summed E-state index contributed by atoms with van der Waals surface area (Å²) >= 11 is 10.4. The Hall–Kier alpha value is -0.160. The van der Waals surface area contributed by atoms with E-state index in [2.05, 4.69) is 60.4 Å². The largest absolute Gasteiger partial charge is 0.396 e. The van der Waals surface area contributed by atoms with Crippen molar-refractivity contribution >= 4 is 55.4 Å². The lowest BCUT2D eigenvalue weighted by atomic mass is 9.83. The minimum Gasteiger partial charge on any atom is -0.396 e. The third kappa shape index (κ3) is 9.78. The Kier molecular flexibility index (Phi) is 14.5. The number of aliphatic hydroxyl groups is 2. The third-order valence-corrected chi connectivity index (χ3v) is 8.12. The van der Waals surface area contributed by atoms with E-state index in [9.17, 15) is 10.2 Å². The fourth-order valence-corrected chi connectivity index (χ4v) is 5.30. The van der Waals surface area contributed by atoms with Crippen molar-refractivity contribution < 1.29 is 14.9 Å². The Labute approximate surface area is 223 Å². The number of thioether (sulfide) groups is 2. The summed E-state index contributed by atoms with van der Waals surface area (Å²) in [7, 11) is 0. The van der Waals surface area contributed by atoms with E-state index < -0.39 is 0 Å². The van der Waals surface area contributed by atoms with Gasteiger partial charge in [-0.15, -0.1) is 0 Å². The van der Waals surface area contributed by atoms with E-state index in [1.807, 2.05) is 42.4 Å². The molecule has 3 heterocycles. The zero-order chi connectivity index (χ0) is 24.1. The van der Waals surface area contributed by atoms with Gasteiger partial charge < -0.3 is 14.9 Å². The Morgan fingerprint density at radius 1 is 0.909 bits per heavy atom. The molecule has 0 aliphatic carbocycles. The van der Waals surface area contributed by atoms with Gasteiger partial charge in [0.25, 0.3) is 0 Å². The van der Waals surface area contributed by atoms with Crippen LogP contribution in [0.2, 0.25) is 0 Å². The second-order valence-corrected chi connectivity index (χ2v) is 11.6. The predicted molar refractivity (Wildman–Crippen MR) is 147 cm³/mol. The van der Waals surface area contributed by atoms with E-state index >= 15 is 0 Å². The van der Waals surface area contributed by atoms with Gasteiger partial charge in [-0.25, -0.2) is 9.97 Å². The van der Waals surface area contributed by atoms with Gasteiger partial charge in [0.1, 0.15) is 9.21 Å². The van der Waals surface area contributed by atoms with Crippen LogP contribution in [0.15, 0.2) is 45.9 Å². The summed E-state index contributed by atoms with van der Waals surface area (Å²) in [5.74, 6) is 3.58. The van der Waals surface area contributed by atoms with E-state index in [1.54, 1.807) is 11.8 Å². The average Bonchev–Trinajstić information content (AvgIpc) is 2.80. The first-order valence-corrected chi connectivity index (χ1v) is 15.4. The van der Waals surface area contributed by atoms with Crippen LogP contribution in [-0.2, 0) is 4.74 Å². The van der Waals surface area contributed by atoms with Crippen molar-refractivity contribution in [2.75, 3.05) is 50.4 Å². The molecule has 0 spiro atoms. The lowest BCUT2D eigenvalue weighted by Gasteiger charge is -2.34. The van der Waals surface area contributed by atoms with Crippen LogP contribution in [0, 0.1) is 11.8 Å². The van der Waals surface area contributed by atoms with Gasteiger partial charge >= 0.3 is 0 Å². The highest BCUT2D eigenvalue weighted by molar-refractivity contribution is 9.10. The Bertz CT molecular complexity index is 776. The van der Waals surface area contributed by atoms with Crippen molar-refractivity contribution in [2.24, 2.45) is 11.8 Å². The van der Waals surface area contributed by atoms with Crippen LogP contribution in [0.4, 0.5) is 0 Å². The number of nitrogens with zero attached hydrogens (tertiary/aromatic N) is 2. The summed E-state index contributed by atoms with van der Waals surface area (Å²) in [4.78, 5) is 8.52. The summed E-state index contributed by atoms with van der Waals surface area (Å²) in [5, 5.41) is 18.6. The second kappa shape index (κ2) is 16.5. The third-order valence-electron chi connectivity index (χ3n) is 5.89. The average molecular weight is 622 g/mol. The van der Waals surface area contributed by atoms with Gasteiger partial charge in [0.2, 0.25) is 0 Å². The van der Waals surface area contributed by atoms with Crippen LogP contribution < -0.4 is 0 Å². The summed E-state index contributed by atoms with van der Waals surface area (Å²) in [6, 6.07) is 8.11. The number of halogens is 2. The monoisotopic (exact) mass is 620 g/mol. The van der Waals surface area contributed by atoms with Gasteiger partial charge in [-0.05, 0) is 104 Å². The molecule has 184 valence electrons. The van der Waals surface area contributed by atoms with Gasteiger partial charge in [-0.1, -0.05) is 12.1 Å². The highest BCUT2D eigenvalue weighted by atomic mass is 79.9. The molecule has 5 nitrogen and oxygen atoms in total. The molecule has 1 aliphatic heterocycles. The molecule has 33 heavy (non-hydrogen) atoms. The molecule has 1 saturated heterocycles. The summed E-state index contributed by atoms with van der Waals surface area (Å²) in [5.41, 5.74) is 2.43. The van der Waals surface area contributed by atoms with Gasteiger partial charge in [0.05, 0.1) is 13.2 Å². The fourth-order valence-electron chi connectivity index (χ4n) is 3.85. The van der Waals surface area contributed by atoms with Crippen LogP contribution in [0.1, 0.15) is 35.8 Å². The topological polar surface area (TPSA) is 75.5 Å². The Morgan fingerprint density at radius 2 is 1.45 bits per heavy atom. The highest BCUT2D eigenvalue weighted by Crippen LogP contribution is 2.34. The van der Waals surface area contributed by atoms with Crippen molar-refractivity contribution in [3.8, 4) is 0 Å². The van der Waals surface area contributed by atoms with E-state index in [1.165, 1.54) is 17.7 Å². The number of rotatable bonds is 12. The van der Waals surface area contributed by atoms with Crippen LogP contribution in [0.25, 0.3) is 0 Å². The molecular weight excluding hydrogens is 588 g/mol. The predicted octanol–water partition coefficient (Wildman–Crippen LogP) is 5.61. The molecule has 1 fully saturated rings. The molecule has 2 atom stereocenters. The Morgan fingerprint density at radius 3 is 1.88 bits per heavy atom. The van der Waals surface area contributed by atoms with Crippen LogP contribution in [0.3, 0.4) is 0 Å². The molecule has 1 aliphatic rings. The summed E-state index contributed by atoms with van der Waals surface area (Å²) in [6.07, 6.45) is 10.2. The van der Waals surface area contributed by atoms with Crippen LogP contribution in [0.5, 0.6) is 0 Å². The molecule has 0 amide bonds. The lowest BCUT2D eigenvalue weighted by molar-refractivity contribution is -0.0454. The lowest BCUT2D eigenvalue weighted by Crippen LogP contribution is -2.33. The van der Waals surface area contributed by atoms with E-state index in [4.69, 9.17) is 4.74 Å². The molecule has 2 aromatic heterocycles. The number of pyridine rings is 2. The molecule has 2 N–H and O–H groups in total. The molecular formula is C24H34Br2N2O3S2. The van der Waals surface area contributed by atoms with Crippen molar-refractivity contribution in [1.82, 2.24) is 9.97 Å². The molecule has 2 aromatic rings. The van der Waals surface area contributed by atoms with Crippen molar-refractivity contribution in [3.63, 3.8) is 0 Å². The van der Waals surface area contributed by atoms with Crippen molar-refractivity contribution in [2.45, 2.75) is 24.7 Å². The van der Waals surface area contributed by atoms with Gasteiger partial charge in [0.15, 0.2) is 0 Å². The van der Waals surface area contributed by atoms with Gasteiger partial charge in [-0.2, -0.15) is 23.5 Å². The standard InChI is InChI=1S/C12H18BrNO2S.C12H16BrNOS/c1-17-5-4-11(10(7-15)8-16)9-2-3-12(13)14-6-9;1-16-5-4-11(10-7-15-8-10)9-2-3-12(13)14-6-9/h2-3,6,10-11,15-16H,4-5,7-8H2,1H3;2-3,6,10-11H,4-5,7-8H2,1H3. The van der Waals surface area contributed by atoms with Crippen molar-refractivity contribution in [3.05, 3.63) is 57.0 Å². The second-order valence-electron chi connectivity index (χ2n) is 8.03. The van der Waals surface area contributed by atoms with Crippen molar-refractivity contribution in [1.29, 1.82) is 0 Å². The first-order valence-electron chi connectivity index (χ1n) is 11.0. The number of ether oxygens (including phenoxy) is 1. The maximum Gasteiger partial charge on any atom is 0.106 e. The quantitative estimate of drug-likeness (QED) is 0.298. The smallest absolute Gasteiger partial charge is 0.106 e. The number of hydrogen-bond donors (Lipinski definition) is 2. The molecule has 0 radical (unpaired) electrons. The van der Waals surface area contributed by atoms with E-state index in [-0.39, 0.29) is 25.0 Å². The molecule has 9 heteroatoms. The van der Waals surface area contributed by atoms with Gasteiger partial charge in [0, 0.05) is 37.4 Å². The van der Waals surface area contributed by atoms with E-state index in [0.717, 1.165) is 40.2 Å². The number of aliphatic hydroxyl groups excluding tert-OH is 2. The Balaban J connectivity index is 0.000000234. The molecule has 3 rings (SSSR count). The van der Waals surface area contributed by atoms with E-state index in [0.29, 0.717) is 11.8 Å². The number of hydrogen-bond acceptors (Lipinski definition) is 7. The van der Waals surface area contributed by atoms with Crippen LogP contribution in [-0.4, -0.2) is 70.6 Å². The molecule has 0 bridgehead atoms. The van der Waals surface area contributed by atoms with Gasteiger partial charge in [-0.3, -0.25) is 0 Å². The molecule has 0 aromatic carbocycles. The highest BCUT2D eigenvalue weighted by Gasteiger charge is 2.29. The minimum atomic E-state index is -0.106. The zero-order valence-electron chi connectivity index (χ0n) is 19.2. The summed E-state index contributed by atoms with van der Waals surface area (Å²) < 4.78 is 7.01. The first-order chi connectivity index (χ1) is 16.0. The normalized spacial score (nSPS) is 15.5. The first kappa shape index (κ1) is 29.1. The number of aromatic nitrogens is 2. The molecule has 0 saturated carbocycles. The van der Waals surface area contributed by atoms with Crippen LogP contribution >= 0.6 is 55.4 Å². The maximum absolute atomic E-state index is 9.32. The summed E-state index contributed by atoms with van der Waals surface area (Å²) in [6.45, 7) is 1.83. The minimum absolute atomic E-state index is 0.00557. The fraction of sp³-hybridized carbons (Fsp3) is 0.583. The zero-order valence-corrected chi connectivity index (χ0v) is 24.0. The maximum atomic E-state index is 9.32. The molecule has 2 unspecified atom stereocenters. The SMILES string of the molecule is CSCCC(c1ccc(Br)nc1)C(CO)CO.CSCCC(c1ccc(Br)nc1)C1COC1.